The van der Waals surface area contributed by atoms with Crippen LogP contribution in [0.5, 0.6) is 0 Å². The summed E-state index contributed by atoms with van der Waals surface area (Å²) in [7, 11) is -5.24. The van der Waals surface area contributed by atoms with E-state index in [0.717, 1.165) is 6.42 Å². The van der Waals surface area contributed by atoms with Gasteiger partial charge in [0.25, 0.3) is 0 Å². The molecule has 0 aromatic carbocycles. The molecule has 2 heterocycles. The molecule has 0 unspecified atom stereocenters. The second-order valence-electron chi connectivity index (χ2n) is 5.91. The minimum Gasteiger partial charge on any atom is -0.357 e. The van der Waals surface area contributed by atoms with Crippen LogP contribution in [-0.2, 0) is 16.4 Å². The Balaban J connectivity index is 1.87. The van der Waals surface area contributed by atoms with Gasteiger partial charge in [0.1, 0.15) is 0 Å². The fourth-order valence-electron chi connectivity index (χ4n) is 2.63. The Hall–Kier alpha value is -1.33. The predicted molar refractivity (Wildman–Crippen MR) is 96.7 cm³/mol. The number of thiophene rings is 1. The molecule has 26 heavy (non-hydrogen) atoms. The van der Waals surface area contributed by atoms with E-state index in [1.807, 2.05) is 18.4 Å². The third kappa shape index (κ3) is 5.58. The second kappa shape index (κ2) is 9.05. The Morgan fingerprint density at radius 1 is 1.38 bits per heavy atom. The molecule has 2 rings (SSSR count). The predicted octanol–water partition coefficient (Wildman–Crippen LogP) is 2.16. The van der Waals surface area contributed by atoms with Gasteiger partial charge in [-0.2, -0.15) is 28.8 Å². The normalized spacial score (nSPS) is 18.1. The summed E-state index contributed by atoms with van der Waals surface area (Å²) in [4.78, 5) is 4.48. The lowest BCUT2D eigenvalue weighted by Crippen LogP contribution is -2.51. The van der Waals surface area contributed by atoms with Crippen molar-refractivity contribution in [3.63, 3.8) is 0 Å². The Bertz CT molecular complexity index is 682. The zero-order valence-corrected chi connectivity index (χ0v) is 16.1. The minimum atomic E-state index is -5.24. The molecule has 1 aromatic heterocycles. The third-order valence-electron chi connectivity index (χ3n) is 4.02. The van der Waals surface area contributed by atoms with Gasteiger partial charge in [0.2, 0.25) is 0 Å². The van der Waals surface area contributed by atoms with Crippen molar-refractivity contribution in [2.24, 2.45) is 4.99 Å². The summed E-state index contributed by atoms with van der Waals surface area (Å²) < 4.78 is 61.2. The van der Waals surface area contributed by atoms with Gasteiger partial charge in [0.15, 0.2) is 5.96 Å². The van der Waals surface area contributed by atoms with E-state index in [1.54, 1.807) is 11.3 Å². The molecule has 2 N–H and O–H groups in total. The van der Waals surface area contributed by atoms with E-state index in [4.69, 9.17) is 0 Å². The average Bonchev–Trinajstić information content (AvgIpc) is 3.08. The molecule has 0 aliphatic carbocycles. The van der Waals surface area contributed by atoms with Crippen molar-refractivity contribution in [3.05, 3.63) is 22.4 Å². The van der Waals surface area contributed by atoms with Gasteiger partial charge in [-0.3, -0.25) is 4.99 Å². The summed E-state index contributed by atoms with van der Waals surface area (Å²) in [5.41, 5.74) is -4.04. The van der Waals surface area contributed by atoms with E-state index >= 15 is 0 Å². The highest BCUT2D eigenvalue weighted by atomic mass is 32.2. The lowest BCUT2D eigenvalue weighted by atomic mass is 10.1. The fourth-order valence-corrected chi connectivity index (χ4v) is 4.32. The Labute approximate surface area is 155 Å². The quantitative estimate of drug-likeness (QED) is 0.555. The molecule has 0 saturated carbocycles. The first-order valence-corrected chi connectivity index (χ1v) is 10.7. The summed E-state index contributed by atoms with van der Waals surface area (Å²) in [5.74, 6) is 0.597. The molecule has 6 nitrogen and oxygen atoms in total. The van der Waals surface area contributed by atoms with Gasteiger partial charge in [-0.25, -0.2) is 8.42 Å². The number of alkyl halides is 3. The highest BCUT2D eigenvalue weighted by Gasteiger charge is 2.50. The number of guanidine groups is 1. The monoisotopic (exact) mass is 412 g/mol. The summed E-state index contributed by atoms with van der Waals surface area (Å²) in [6.07, 6.45) is 1.40. The van der Waals surface area contributed by atoms with Crippen LogP contribution in [0.25, 0.3) is 0 Å². The molecule has 0 amide bonds. The maximum absolute atomic E-state index is 12.6. The number of piperidine rings is 1. The van der Waals surface area contributed by atoms with Crippen molar-refractivity contribution in [3.8, 4) is 0 Å². The van der Waals surface area contributed by atoms with Gasteiger partial charge in [0.05, 0.1) is 0 Å². The molecular weight excluding hydrogens is 389 g/mol. The van der Waals surface area contributed by atoms with E-state index in [-0.39, 0.29) is 19.1 Å². The highest BCUT2D eigenvalue weighted by Crippen LogP contribution is 2.28. The Kier molecular flexibility index (Phi) is 7.30. The third-order valence-corrected chi connectivity index (χ3v) is 6.38. The number of nitrogens with zero attached hydrogens (tertiary/aromatic N) is 2. The minimum absolute atomic E-state index is 0.117. The van der Waals surface area contributed by atoms with Crippen molar-refractivity contribution < 1.29 is 21.6 Å². The number of halogens is 3. The molecule has 1 aromatic rings. The number of sulfonamides is 1. The Morgan fingerprint density at radius 3 is 2.62 bits per heavy atom. The molecule has 1 saturated heterocycles. The van der Waals surface area contributed by atoms with Crippen molar-refractivity contribution in [2.45, 2.75) is 37.7 Å². The van der Waals surface area contributed by atoms with Crippen LogP contribution in [0.3, 0.4) is 0 Å². The molecule has 1 fully saturated rings. The first-order valence-electron chi connectivity index (χ1n) is 8.36. The molecular formula is C15H23F3N4O2S2. The van der Waals surface area contributed by atoms with Gasteiger partial charge in [-0.1, -0.05) is 0 Å². The lowest BCUT2D eigenvalue weighted by Gasteiger charge is -2.32. The fraction of sp³-hybridized carbons (Fsp3) is 0.667. The van der Waals surface area contributed by atoms with Crippen molar-refractivity contribution in [1.82, 2.24) is 14.9 Å². The van der Waals surface area contributed by atoms with Gasteiger partial charge in [-0.05, 0) is 48.6 Å². The van der Waals surface area contributed by atoms with Crippen molar-refractivity contribution in [1.29, 1.82) is 0 Å². The van der Waals surface area contributed by atoms with Gasteiger partial charge >= 0.3 is 15.5 Å². The standard InChI is InChI=1S/C15H23F3N4O2S2/c1-2-19-14(20-7-3-12-6-10-25-11-12)21-13-4-8-22(9-5-13)26(23,24)15(16,17)18/h6,10-11,13H,2-5,7-9H2,1H3,(H2,19,20,21). The molecule has 148 valence electrons. The maximum Gasteiger partial charge on any atom is 0.511 e. The average molecular weight is 413 g/mol. The van der Waals surface area contributed by atoms with Crippen LogP contribution in [0.2, 0.25) is 0 Å². The second-order valence-corrected chi connectivity index (χ2v) is 8.62. The summed E-state index contributed by atoms with van der Waals surface area (Å²) in [5, 5.41) is 10.4. The topological polar surface area (TPSA) is 73.8 Å². The van der Waals surface area contributed by atoms with Crippen LogP contribution >= 0.6 is 11.3 Å². The summed E-state index contributed by atoms with van der Waals surface area (Å²) >= 11 is 1.63. The van der Waals surface area contributed by atoms with Gasteiger partial charge in [0, 0.05) is 32.2 Å². The zero-order valence-electron chi connectivity index (χ0n) is 14.4. The van der Waals surface area contributed by atoms with Gasteiger partial charge < -0.3 is 10.6 Å². The van der Waals surface area contributed by atoms with E-state index < -0.39 is 15.5 Å². The summed E-state index contributed by atoms with van der Waals surface area (Å²) in [6.45, 7) is 2.86. The lowest BCUT2D eigenvalue weighted by molar-refractivity contribution is -0.0494. The smallest absolute Gasteiger partial charge is 0.357 e. The SMILES string of the molecule is CCNC(=NCCc1ccsc1)NC1CCN(S(=O)(=O)C(F)(F)F)CC1. The molecule has 0 spiro atoms. The van der Waals surface area contributed by atoms with Crippen LogP contribution in [-0.4, -0.2) is 56.4 Å². The largest absolute Gasteiger partial charge is 0.511 e. The molecule has 1 aliphatic heterocycles. The number of hydrogen-bond acceptors (Lipinski definition) is 4. The molecule has 11 heteroatoms. The zero-order chi connectivity index (χ0) is 19.2. The maximum atomic E-state index is 12.6. The number of aliphatic imine (C=N–C) groups is 1. The van der Waals surface area contributed by atoms with E-state index in [1.165, 1.54) is 5.56 Å². The van der Waals surface area contributed by atoms with E-state index in [0.29, 0.717) is 36.2 Å². The van der Waals surface area contributed by atoms with Crippen LogP contribution in [0.4, 0.5) is 13.2 Å². The van der Waals surface area contributed by atoms with Crippen LogP contribution in [0.15, 0.2) is 21.8 Å². The molecule has 0 radical (unpaired) electrons. The van der Waals surface area contributed by atoms with Crippen LogP contribution < -0.4 is 10.6 Å². The molecule has 0 bridgehead atoms. The first kappa shape index (κ1) is 21.0. The van der Waals surface area contributed by atoms with Gasteiger partial charge in [-0.15, -0.1) is 0 Å². The van der Waals surface area contributed by atoms with Crippen molar-refractivity contribution in [2.75, 3.05) is 26.2 Å². The number of nitrogens with one attached hydrogen (secondary N) is 2. The van der Waals surface area contributed by atoms with Crippen molar-refractivity contribution >= 4 is 27.3 Å². The van der Waals surface area contributed by atoms with Crippen LogP contribution in [0, 0.1) is 0 Å². The highest BCUT2D eigenvalue weighted by molar-refractivity contribution is 7.90. The van der Waals surface area contributed by atoms with Crippen LogP contribution in [0.1, 0.15) is 25.3 Å². The number of hydrogen-bond donors (Lipinski definition) is 2. The number of rotatable bonds is 6. The first-order chi connectivity index (χ1) is 12.2. The van der Waals surface area contributed by atoms with E-state index in [2.05, 4.69) is 21.0 Å². The molecule has 0 atom stereocenters. The molecule has 1 aliphatic rings. The summed E-state index contributed by atoms with van der Waals surface area (Å²) in [6, 6.07) is 1.92. The van der Waals surface area contributed by atoms with E-state index in [9.17, 15) is 21.6 Å². The Morgan fingerprint density at radius 2 is 2.08 bits per heavy atom.